The lowest BCUT2D eigenvalue weighted by Crippen LogP contribution is -2.05. The molecule has 0 bridgehead atoms. The molecule has 0 amide bonds. The molecule has 3 N–H and O–H groups in total. The van der Waals surface area contributed by atoms with E-state index in [1.165, 1.54) is 4.68 Å². The molecule has 28 heavy (non-hydrogen) atoms. The van der Waals surface area contributed by atoms with E-state index in [9.17, 15) is 9.90 Å². The fourth-order valence-corrected chi connectivity index (χ4v) is 2.65. The van der Waals surface area contributed by atoms with E-state index in [1.807, 2.05) is 30.3 Å². The summed E-state index contributed by atoms with van der Waals surface area (Å²) in [5, 5.41) is 24.2. The maximum Gasteiger partial charge on any atom is 0.358 e. The largest absolute Gasteiger partial charge is 0.489 e. The minimum Gasteiger partial charge on any atom is -0.489 e. The van der Waals surface area contributed by atoms with E-state index in [1.54, 1.807) is 24.3 Å². The van der Waals surface area contributed by atoms with Crippen LogP contribution in [0.3, 0.4) is 0 Å². The fraction of sp³-hybridized carbons (Fsp3) is 0.0556. The molecule has 0 unspecified atom stereocenters. The number of hydrogen-bond acceptors (Lipinski definition) is 8. The fourth-order valence-electron chi connectivity index (χ4n) is 2.65. The zero-order chi connectivity index (χ0) is 19.5. The zero-order valence-corrected chi connectivity index (χ0v) is 14.4. The van der Waals surface area contributed by atoms with Crippen molar-refractivity contribution in [3.63, 3.8) is 0 Å². The molecule has 2 aromatic carbocycles. The Morgan fingerprint density at radius 2 is 1.96 bits per heavy atom. The van der Waals surface area contributed by atoms with Crippen LogP contribution in [0.4, 0.5) is 5.82 Å². The number of anilines is 1. The van der Waals surface area contributed by atoms with Crippen LogP contribution in [0.25, 0.3) is 17.1 Å². The number of aromatic nitrogens is 5. The number of aromatic carboxylic acids is 1. The summed E-state index contributed by atoms with van der Waals surface area (Å²) in [5.41, 5.74) is 7.15. The molecule has 0 saturated heterocycles. The minimum atomic E-state index is -1.24. The second-order valence-corrected chi connectivity index (χ2v) is 5.78. The molecule has 0 atom stereocenters. The topological polar surface area (TPSA) is 142 Å². The Labute approximate surface area is 158 Å². The van der Waals surface area contributed by atoms with Gasteiger partial charge in [0.15, 0.2) is 5.69 Å². The quantitative estimate of drug-likeness (QED) is 0.516. The monoisotopic (exact) mass is 378 g/mol. The van der Waals surface area contributed by atoms with Gasteiger partial charge in [-0.3, -0.25) is 0 Å². The van der Waals surface area contributed by atoms with E-state index >= 15 is 0 Å². The van der Waals surface area contributed by atoms with Gasteiger partial charge in [-0.15, -0.1) is 5.10 Å². The highest BCUT2D eigenvalue weighted by Crippen LogP contribution is 2.29. The standard InChI is InChI=1S/C18H14N6O4/c19-16-17(22-28-21-16)24-15(14(18(25)26)20-23-24)12-7-4-8-13(9-12)27-10-11-5-2-1-3-6-11/h1-9H,10H2,(H2,19,21)(H,25,26). The molecule has 0 aliphatic heterocycles. The van der Waals surface area contributed by atoms with E-state index in [4.69, 9.17) is 10.5 Å². The van der Waals surface area contributed by atoms with E-state index < -0.39 is 5.97 Å². The van der Waals surface area contributed by atoms with Crippen LogP contribution >= 0.6 is 0 Å². The third kappa shape index (κ3) is 3.26. The van der Waals surface area contributed by atoms with Crippen LogP contribution in [0.15, 0.2) is 59.2 Å². The number of ether oxygens (including phenoxy) is 1. The Kier molecular flexibility index (Phi) is 4.42. The van der Waals surface area contributed by atoms with Gasteiger partial charge in [0.1, 0.15) is 18.1 Å². The van der Waals surface area contributed by atoms with Crippen molar-refractivity contribution in [1.29, 1.82) is 0 Å². The minimum absolute atomic E-state index is 0.0421. The molecule has 0 spiro atoms. The predicted octanol–water partition coefficient (Wildman–Crippen LogP) is 2.18. The smallest absolute Gasteiger partial charge is 0.358 e. The lowest BCUT2D eigenvalue weighted by molar-refractivity contribution is 0.0691. The average Bonchev–Trinajstić information content (AvgIpc) is 3.33. The molecule has 0 radical (unpaired) electrons. The van der Waals surface area contributed by atoms with Crippen molar-refractivity contribution in [3.05, 3.63) is 65.9 Å². The molecule has 140 valence electrons. The van der Waals surface area contributed by atoms with Crippen molar-refractivity contribution in [1.82, 2.24) is 25.3 Å². The summed E-state index contributed by atoms with van der Waals surface area (Å²) in [4.78, 5) is 11.6. The number of carboxylic acids is 1. The first-order valence-electron chi connectivity index (χ1n) is 8.18. The third-order valence-electron chi connectivity index (χ3n) is 3.92. The number of benzene rings is 2. The predicted molar refractivity (Wildman–Crippen MR) is 96.8 cm³/mol. The van der Waals surface area contributed by atoms with E-state index in [0.29, 0.717) is 17.9 Å². The summed E-state index contributed by atoms with van der Waals surface area (Å²) in [5.74, 6) is -0.686. The SMILES string of the molecule is Nc1nonc1-n1nnc(C(=O)O)c1-c1cccc(OCc2ccccc2)c1. The van der Waals surface area contributed by atoms with Crippen LogP contribution in [-0.2, 0) is 6.61 Å². The van der Waals surface area contributed by atoms with Crippen molar-refractivity contribution >= 4 is 11.8 Å². The Morgan fingerprint density at radius 3 is 2.68 bits per heavy atom. The zero-order valence-electron chi connectivity index (χ0n) is 14.4. The molecule has 4 rings (SSSR count). The van der Waals surface area contributed by atoms with Gasteiger partial charge < -0.3 is 15.6 Å². The van der Waals surface area contributed by atoms with Crippen molar-refractivity contribution in [3.8, 4) is 22.8 Å². The Bertz CT molecular complexity index is 1120. The van der Waals surface area contributed by atoms with E-state index in [-0.39, 0.29) is 23.0 Å². The normalized spacial score (nSPS) is 10.7. The van der Waals surface area contributed by atoms with Crippen LogP contribution in [0, 0.1) is 0 Å². The van der Waals surface area contributed by atoms with Gasteiger partial charge in [-0.1, -0.05) is 47.7 Å². The second kappa shape index (κ2) is 7.19. The van der Waals surface area contributed by atoms with Crippen LogP contribution in [0.1, 0.15) is 16.1 Å². The lowest BCUT2D eigenvalue weighted by Gasteiger charge is -2.09. The summed E-state index contributed by atoms with van der Waals surface area (Å²) in [6, 6.07) is 16.6. The molecule has 4 aromatic rings. The van der Waals surface area contributed by atoms with E-state index in [2.05, 4.69) is 25.3 Å². The van der Waals surface area contributed by atoms with Gasteiger partial charge in [0.25, 0.3) is 0 Å². The molecule has 10 nitrogen and oxygen atoms in total. The van der Waals surface area contributed by atoms with Gasteiger partial charge in [0.2, 0.25) is 11.6 Å². The van der Waals surface area contributed by atoms with Crippen LogP contribution < -0.4 is 10.5 Å². The number of nitrogen functional groups attached to an aromatic ring is 1. The van der Waals surface area contributed by atoms with Crippen molar-refractivity contribution in [2.45, 2.75) is 6.61 Å². The molecule has 0 aliphatic carbocycles. The molecular formula is C18H14N6O4. The first-order chi connectivity index (χ1) is 13.6. The number of nitrogens with two attached hydrogens (primary N) is 1. The van der Waals surface area contributed by atoms with Crippen molar-refractivity contribution < 1.29 is 19.3 Å². The first kappa shape index (κ1) is 17.2. The summed E-state index contributed by atoms with van der Waals surface area (Å²) >= 11 is 0. The first-order valence-corrected chi connectivity index (χ1v) is 8.18. The molecular weight excluding hydrogens is 364 g/mol. The van der Waals surface area contributed by atoms with Crippen LogP contribution in [-0.4, -0.2) is 36.4 Å². The van der Waals surface area contributed by atoms with Gasteiger partial charge in [-0.05, 0) is 28.0 Å². The van der Waals surface area contributed by atoms with Crippen LogP contribution in [0.5, 0.6) is 5.75 Å². The molecule has 10 heteroatoms. The lowest BCUT2D eigenvalue weighted by atomic mass is 10.1. The highest BCUT2D eigenvalue weighted by atomic mass is 16.6. The summed E-state index contributed by atoms with van der Waals surface area (Å²) < 4.78 is 11.6. The van der Waals surface area contributed by atoms with Gasteiger partial charge in [0, 0.05) is 5.56 Å². The molecule has 2 heterocycles. The Morgan fingerprint density at radius 1 is 1.14 bits per heavy atom. The second-order valence-electron chi connectivity index (χ2n) is 5.78. The highest BCUT2D eigenvalue weighted by molar-refractivity contribution is 5.93. The summed E-state index contributed by atoms with van der Waals surface area (Å²) in [7, 11) is 0. The van der Waals surface area contributed by atoms with Gasteiger partial charge >= 0.3 is 5.97 Å². The van der Waals surface area contributed by atoms with Gasteiger partial charge in [-0.25, -0.2) is 9.42 Å². The Hall–Kier alpha value is -4.21. The van der Waals surface area contributed by atoms with Crippen molar-refractivity contribution in [2.24, 2.45) is 0 Å². The molecule has 0 saturated carbocycles. The number of carboxylic acid groups (broad SMARTS) is 1. The van der Waals surface area contributed by atoms with Gasteiger partial charge in [-0.2, -0.15) is 4.68 Å². The molecule has 0 fully saturated rings. The average molecular weight is 378 g/mol. The highest BCUT2D eigenvalue weighted by Gasteiger charge is 2.25. The summed E-state index contributed by atoms with van der Waals surface area (Å²) in [6.45, 7) is 0.369. The number of rotatable bonds is 6. The summed E-state index contributed by atoms with van der Waals surface area (Å²) in [6.07, 6.45) is 0. The number of hydrogen-bond donors (Lipinski definition) is 2. The van der Waals surface area contributed by atoms with Crippen molar-refractivity contribution in [2.75, 3.05) is 5.73 Å². The molecule has 0 aliphatic rings. The van der Waals surface area contributed by atoms with E-state index in [0.717, 1.165) is 5.56 Å². The van der Waals surface area contributed by atoms with Gasteiger partial charge in [0.05, 0.1) is 0 Å². The third-order valence-corrected chi connectivity index (χ3v) is 3.92. The maximum absolute atomic E-state index is 11.6. The van der Waals surface area contributed by atoms with Crippen LogP contribution in [0.2, 0.25) is 0 Å². The maximum atomic E-state index is 11.6. The molecule has 2 aromatic heterocycles. The number of nitrogens with zero attached hydrogens (tertiary/aromatic N) is 5. The number of carbonyl (C=O) groups is 1. The Balaban J connectivity index is 1.72.